The maximum Gasteiger partial charge on any atom is 0.310 e. The molecule has 0 spiro atoms. The largest absolute Gasteiger partial charge is 0.460 e. The summed E-state index contributed by atoms with van der Waals surface area (Å²) in [5.74, 6) is -0.118. The number of esters is 1. The zero-order valence-electron chi connectivity index (χ0n) is 15.7. The molecule has 1 aliphatic carbocycles. The molecule has 0 bridgehead atoms. The molecule has 0 unspecified atom stereocenters. The second kappa shape index (κ2) is 8.00. The first-order chi connectivity index (χ1) is 11.4. The van der Waals surface area contributed by atoms with E-state index >= 15 is 0 Å². The summed E-state index contributed by atoms with van der Waals surface area (Å²) in [4.78, 5) is 12.5. The molecule has 1 aliphatic rings. The molecule has 0 aliphatic heterocycles. The number of carbonyl (C=O) groups is 1. The molecule has 1 fully saturated rings. The lowest BCUT2D eigenvalue weighted by atomic mass is 9.92. The van der Waals surface area contributed by atoms with Crippen molar-refractivity contribution in [1.29, 1.82) is 0 Å². The number of unbranched alkanes of at least 4 members (excludes halogenated alkanes) is 4. The third-order valence-electron chi connectivity index (χ3n) is 4.65. The van der Waals surface area contributed by atoms with Gasteiger partial charge in [-0.1, -0.05) is 68.7 Å². The molecule has 2 heteroatoms. The average molecular weight is 328 g/mol. The number of hydrogen-bond donors (Lipinski definition) is 0. The zero-order valence-corrected chi connectivity index (χ0v) is 15.7. The van der Waals surface area contributed by atoms with Crippen LogP contribution in [0.5, 0.6) is 0 Å². The van der Waals surface area contributed by atoms with E-state index in [1.807, 2.05) is 26.8 Å². The SMILES string of the molecule is CCCCCC/C=C/[C@@]1(c2ccccc2)C[C@H]1C(=O)OC(C)(C)C. The molecule has 132 valence electrons. The predicted octanol–water partition coefficient (Wildman–Crippen LogP) is 5.81. The van der Waals surface area contributed by atoms with Crippen molar-refractivity contribution in [1.82, 2.24) is 0 Å². The van der Waals surface area contributed by atoms with E-state index in [4.69, 9.17) is 4.74 Å². The molecule has 2 rings (SSSR count). The minimum absolute atomic E-state index is 0.0500. The van der Waals surface area contributed by atoms with Gasteiger partial charge in [-0.05, 0) is 45.6 Å². The summed E-state index contributed by atoms with van der Waals surface area (Å²) < 4.78 is 5.63. The van der Waals surface area contributed by atoms with Gasteiger partial charge in [-0.15, -0.1) is 0 Å². The number of ether oxygens (including phenoxy) is 1. The summed E-state index contributed by atoms with van der Waals surface area (Å²) in [5, 5.41) is 0. The van der Waals surface area contributed by atoms with Gasteiger partial charge >= 0.3 is 5.97 Å². The van der Waals surface area contributed by atoms with Gasteiger partial charge in [0.15, 0.2) is 0 Å². The van der Waals surface area contributed by atoms with E-state index in [2.05, 4.69) is 43.3 Å². The van der Waals surface area contributed by atoms with Crippen LogP contribution in [0.1, 0.15) is 71.8 Å². The maximum absolute atomic E-state index is 12.5. The summed E-state index contributed by atoms with van der Waals surface area (Å²) in [6, 6.07) is 10.4. The summed E-state index contributed by atoms with van der Waals surface area (Å²) >= 11 is 0. The van der Waals surface area contributed by atoms with E-state index in [1.165, 1.54) is 31.2 Å². The quantitative estimate of drug-likeness (QED) is 0.342. The van der Waals surface area contributed by atoms with E-state index in [1.54, 1.807) is 0 Å². The minimum atomic E-state index is -0.425. The topological polar surface area (TPSA) is 26.3 Å². The molecular weight excluding hydrogens is 296 g/mol. The lowest BCUT2D eigenvalue weighted by Gasteiger charge is -2.21. The van der Waals surface area contributed by atoms with Gasteiger partial charge in [0, 0.05) is 5.41 Å². The van der Waals surface area contributed by atoms with Crippen LogP contribution >= 0.6 is 0 Å². The van der Waals surface area contributed by atoms with Crippen LogP contribution in [0.4, 0.5) is 0 Å². The van der Waals surface area contributed by atoms with Crippen LogP contribution in [0, 0.1) is 5.92 Å². The normalized spacial score (nSPS) is 23.4. The van der Waals surface area contributed by atoms with Crippen LogP contribution in [0.3, 0.4) is 0 Å². The summed E-state index contributed by atoms with van der Waals surface area (Å²) in [7, 11) is 0. The standard InChI is InChI=1S/C22H32O2/c1-5-6-7-8-9-13-16-22(18-14-11-10-12-15-18)17-19(22)20(23)24-21(2,3)4/h10-16,19H,5-9,17H2,1-4H3/b16-13+/t19-,22-/m0/s1. The predicted molar refractivity (Wildman–Crippen MR) is 100.0 cm³/mol. The van der Waals surface area contributed by atoms with E-state index < -0.39 is 5.60 Å². The summed E-state index contributed by atoms with van der Waals surface area (Å²) in [6.07, 6.45) is 11.6. The molecule has 1 aromatic rings. The molecule has 0 amide bonds. The highest BCUT2D eigenvalue weighted by Crippen LogP contribution is 2.56. The van der Waals surface area contributed by atoms with Gasteiger partial charge in [-0.3, -0.25) is 4.79 Å². The van der Waals surface area contributed by atoms with Gasteiger partial charge in [-0.25, -0.2) is 0 Å². The van der Waals surface area contributed by atoms with Gasteiger partial charge in [0.25, 0.3) is 0 Å². The van der Waals surface area contributed by atoms with E-state index in [-0.39, 0.29) is 17.3 Å². The Morgan fingerprint density at radius 3 is 2.54 bits per heavy atom. The van der Waals surface area contributed by atoms with Crippen molar-refractivity contribution < 1.29 is 9.53 Å². The fourth-order valence-corrected chi connectivity index (χ4v) is 3.28. The first-order valence-corrected chi connectivity index (χ1v) is 9.35. The Balaban J connectivity index is 2.06. The lowest BCUT2D eigenvalue weighted by Crippen LogP contribution is -2.27. The second-order valence-corrected chi connectivity index (χ2v) is 7.95. The highest BCUT2D eigenvalue weighted by atomic mass is 16.6. The Morgan fingerprint density at radius 1 is 1.21 bits per heavy atom. The summed E-state index contributed by atoms with van der Waals surface area (Å²) in [6.45, 7) is 8.03. The molecule has 0 saturated heterocycles. The van der Waals surface area contributed by atoms with Crippen molar-refractivity contribution in [2.75, 3.05) is 0 Å². The fraction of sp³-hybridized carbons (Fsp3) is 0.591. The number of hydrogen-bond acceptors (Lipinski definition) is 2. The van der Waals surface area contributed by atoms with Gasteiger partial charge in [0.2, 0.25) is 0 Å². The fourth-order valence-electron chi connectivity index (χ4n) is 3.28. The monoisotopic (exact) mass is 328 g/mol. The highest BCUT2D eigenvalue weighted by molar-refractivity contribution is 5.80. The molecule has 2 nitrogen and oxygen atoms in total. The molecule has 2 atom stereocenters. The van der Waals surface area contributed by atoms with Crippen molar-refractivity contribution in [2.24, 2.45) is 5.92 Å². The molecule has 1 saturated carbocycles. The van der Waals surface area contributed by atoms with E-state index in [0.29, 0.717) is 0 Å². The number of allylic oxidation sites excluding steroid dienone is 2. The molecule has 0 radical (unpaired) electrons. The van der Waals surface area contributed by atoms with Gasteiger partial charge in [0.05, 0.1) is 5.92 Å². The van der Waals surface area contributed by atoms with E-state index in [0.717, 1.165) is 12.8 Å². The molecular formula is C22H32O2. The van der Waals surface area contributed by atoms with Crippen LogP contribution in [0.15, 0.2) is 42.5 Å². The molecule has 0 heterocycles. The smallest absolute Gasteiger partial charge is 0.310 e. The number of benzene rings is 1. The van der Waals surface area contributed by atoms with Crippen molar-refractivity contribution in [2.45, 2.75) is 77.2 Å². The van der Waals surface area contributed by atoms with Crippen LogP contribution in [-0.4, -0.2) is 11.6 Å². The molecule has 24 heavy (non-hydrogen) atoms. The molecule has 0 aromatic heterocycles. The van der Waals surface area contributed by atoms with E-state index in [9.17, 15) is 4.79 Å². The average Bonchev–Trinajstić information content (AvgIpc) is 3.26. The first kappa shape index (κ1) is 18.8. The van der Waals surface area contributed by atoms with Crippen molar-refractivity contribution in [3.05, 3.63) is 48.0 Å². The third kappa shape index (κ3) is 4.96. The van der Waals surface area contributed by atoms with Gasteiger partial charge in [-0.2, -0.15) is 0 Å². The summed E-state index contributed by atoms with van der Waals surface area (Å²) in [5.41, 5.74) is 0.644. The first-order valence-electron chi connectivity index (χ1n) is 9.35. The van der Waals surface area contributed by atoms with Crippen LogP contribution in [-0.2, 0) is 14.9 Å². The van der Waals surface area contributed by atoms with Crippen LogP contribution in [0.25, 0.3) is 0 Å². The van der Waals surface area contributed by atoms with Crippen LogP contribution < -0.4 is 0 Å². The Morgan fingerprint density at radius 2 is 1.92 bits per heavy atom. The Kier molecular flexibility index (Phi) is 6.26. The zero-order chi connectivity index (χ0) is 17.6. The van der Waals surface area contributed by atoms with Crippen molar-refractivity contribution in [3.63, 3.8) is 0 Å². The number of carbonyl (C=O) groups excluding carboxylic acids is 1. The Labute approximate surface area is 147 Å². The molecule has 1 aromatic carbocycles. The second-order valence-electron chi connectivity index (χ2n) is 7.95. The Hall–Kier alpha value is -1.57. The Bertz CT molecular complexity index is 553. The third-order valence-corrected chi connectivity index (χ3v) is 4.65. The van der Waals surface area contributed by atoms with Gasteiger partial charge < -0.3 is 4.74 Å². The highest BCUT2D eigenvalue weighted by Gasteiger charge is 2.58. The van der Waals surface area contributed by atoms with Crippen molar-refractivity contribution in [3.8, 4) is 0 Å². The number of rotatable bonds is 8. The lowest BCUT2D eigenvalue weighted by molar-refractivity contribution is -0.156. The van der Waals surface area contributed by atoms with Crippen LogP contribution in [0.2, 0.25) is 0 Å². The minimum Gasteiger partial charge on any atom is -0.460 e. The maximum atomic E-state index is 12.5. The van der Waals surface area contributed by atoms with Gasteiger partial charge in [0.1, 0.15) is 5.60 Å². The molecule has 0 N–H and O–H groups in total. The van der Waals surface area contributed by atoms with Crippen molar-refractivity contribution >= 4 is 5.97 Å².